The summed E-state index contributed by atoms with van der Waals surface area (Å²) >= 11 is 0. The van der Waals surface area contributed by atoms with Crippen molar-refractivity contribution in [1.82, 2.24) is 10.2 Å². The first-order valence-electron chi connectivity index (χ1n) is 12.7. The molecule has 6 heteroatoms. The molecule has 1 aliphatic heterocycles. The number of ether oxygens (including phenoxy) is 1. The van der Waals surface area contributed by atoms with E-state index in [4.69, 9.17) is 4.74 Å². The first-order chi connectivity index (χ1) is 15.4. The van der Waals surface area contributed by atoms with Gasteiger partial charge in [-0.05, 0) is 73.2 Å². The van der Waals surface area contributed by atoms with Gasteiger partial charge in [-0.25, -0.2) is 0 Å². The van der Waals surface area contributed by atoms with E-state index in [9.17, 15) is 14.4 Å². The number of fused-ring (bicyclic) bond motifs is 5. The van der Waals surface area contributed by atoms with Crippen molar-refractivity contribution in [2.75, 3.05) is 14.2 Å². The molecule has 0 aromatic carbocycles. The van der Waals surface area contributed by atoms with E-state index in [-0.39, 0.29) is 41.1 Å². The van der Waals surface area contributed by atoms with Crippen molar-refractivity contribution in [3.8, 4) is 0 Å². The molecule has 184 valence electrons. The molecule has 0 aromatic rings. The fraction of sp³-hybridized carbons (Fsp3) is 0.815. The van der Waals surface area contributed by atoms with Gasteiger partial charge in [0.25, 0.3) is 0 Å². The van der Waals surface area contributed by atoms with Crippen LogP contribution in [0.25, 0.3) is 0 Å². The van der Waals surface area contributed by atoms with Crippen LogP contribution in [0.15, 0.2) is 12.2 Å². The Morgan fingerprint density at radius 1 is 1.12 bits per heavy atom. The highest BCUT2D eigenvalue weighted by Crippen LogP contribution is 2.63. The van der Waals surface area contributed by atoms with Gasteiger partial charge in [0.2, 0.25) is 11.8 Å². The smallest absolute Gasteiger partial charge is 0.306 e. The number of nitrogens with one attached hydrogen (secondary N) is 1. The number of esters is 1. The molecule has 6 nitrogen and oxygen atoms in total. The van der Waals surface area contributed by atoms with Gasteiger partial charge < -0.3 is 15.0 Å². The van der Waals surface area contributed by atoms with Gasteiger partial charge in [-0.2, -0.15) is 0 Å². The summed E-state index contributed by atoms with van der Waals surface area (Å²) in [4.78, 5) is 38.9. The Bertz CT molecular complexity index is 851. The van der Waals surface area contributed by atoms with Crippen LogP contribution in [-0.2, 0) is 19.1 Å². The van der Waals surface area contributed by atoms with Gasteiger partial charge >= 0.3 is 5.97 Å². The predicted octanol–water partition coefficient (Wildman–Crippen LogP) is 4.09. The predicted molar refractivity (Wildman–Crippen MR) is 127 cm³/mol. The molecule has 0 saturated heterocycles. The molecular formula is C27H42N2O4. The molecule has 3 aliphatic carbocycles. The number of methoxy groups -OCH3 is 1. The minimum absolute atomic E-state index is 0.0453. The standard InChI is InChI=1S/C27H42N2O4/c1-25(2,16-24(32)33-6)15-22(30)28-20-9-8-18-17-7-10-21-27(4,14-12-23(31)29(21)5)19(17)11-13-26(18,20)3/h12,14,17-21H,7-11,13,15-16H2,1-6H3,(H,28,30)/t17-,18-,19-,20?,21+,26-,27+/m0/s1. The van der Waals surface area contributed by atoms with Crippen molar-refractivity contribution in [3.05, 3.63) is 12.2 Å². The van der Waals surface area contributed by atoms with E-state index in [1.807, 2.05) is 25.8 Å². The lowest BCUT2D eigenvalue weighted by Crippen LogP contribution is -2.60. The summed E-state index contributed by atoms with van der Waals surface area (Å²) in [5.41, 5.74) is -0.254. The van der Waals surface area contributed by atoms with Crippen LogP contribution in [-0.4, -0.2) is 48.9 Å². The molecule has 1 N–H and O–H groups in total. The van der Waals surface area contributed by atoms with E-state index in [2.05, 4.69) is 25.2 Å². The number of carbonyl (C=O) groups is 3. The van der Waals surface area contributed by atoms with Crippen LogP contribution in [0.2, 0.25) is 0 Å². The first-order valence-corrected chi connectivity index (χ1v) is 12.7. The number of hydrogen-bond donors (Lipinski definition) is 1. The maximum Gasteiger partial charge on any atom is 0.306 e. The molecule has 4 aliphatic rings. The third-order valence-electron chi connectivity index (χ3n) is 9.95. The Kier molecular flexibility index (Phi) is 6.20. The van der Waals surface area contributed by atoms with Crippen LogP contribution < -0.4 is 5.32 Å². The Labute approximate surface area is 198 Å². The largest absolute Gasteiger partial charge is 0.469 e. The van der Waals surface area contributed by atoms with Crippen LogP contribution in [0.5, 0.6) is 0 Å². The molecule has 1 heterocycles. The molecule has 3 saturated carbocycles. The maximum absolute atomic E-state index is 13.0. The number of rotatable bonds is 5. The fourth-order valence-corrected chi connectivity index (χ4v) is 8.18. The van der Waals surface area contributed by atoms with E-state index in [0.29, 0.717) is 30.2 Å². The van der Waals surface area contributed by atoms with E-state index in [1.165, 1.54) is 13.5 Å². The zero-order valence-corrected chi connectivity index (χ0v) is 21.3. The van der Waals surface area contributed by atoms with Crippen molar-refractivity contribution >= 4 is 17.8 Å². The normalized spacial score (nSPS) is 40.0. The van der Waals surface area contributed by atoms with Gasteiger partial charge in [-0.3, -0.25) is 14.4 Å². The second-order valence-electron chi connectivity index (χ2n) is 12.5. The Hall–Kier alpha value is -1.85. The monoisotopic (exact) mass is 458 g/mol. The highest BCUT2D eigenvalue weighted by atomic mass is 16.5. The van der Waals surface area contributed by atoms with E-state index in [1.54, 1.807) is 6.08 Å². The quantitative estimate of drug-likeness (QED) is 0.630. The molecule has 4 rings (SSSR count). The number of likely N-dealkylation sites (N-methyl/N-ethyl adjacent to an activating group) is 1. The zero-order valence-electron chi connectivity index (χ0n) is 21.3. The topological polar surface area (TPSA) is 75.7 Å². The Balaban J connectivity index is 1.45. The van der Waals surface area contributed by atoms with Gasteiger partial charge in [-0.15, -0.1) is 0 Å². The van der Waals surface area contributed by atoms with Crippen LogP contribution in [0.4, 0.5) is 0 Å². The van der Waals surface area contributed by atoms with Crippen molar-refractivity contribution in [3.63, 3.8) is 0 Å². The average Bonchev–Trinajstić information content (AvgIpc) is 3.06. The average molecular weight is 459 g/mol. The van der Waals surface area contributed by atoms with Crippen molar-refractivity contribution < 1.29 is 19.1 Å². The molecule has 2 amide bonds. The van der Waals surface area contributed by atoms with Crippen molar-refractivity contribution in [2.45, 2.75) is 91.1 Å². The molecular weight excluding hydrogens is 416 g/mol. The second kappa shape index (κ2) is 8.42. The highest BCUT2D eigenvalue weighted by molar-refractivity contribution is 5.89. The summed E-state index contributed by atoms with van der Waals surface area (Å²) in [6.45, 7) is 8.67. The lowest BCUT2D eigenvalue weighted by Gasteiger charge is -2.60. The molecule has 7 atom stereocenters. The molecule has 33 heavy (non-hydrogen) atoms. The molecule has 0 bridgehead atoms. The number of carbonyl (C=O) groups excluding carboxylic acids is 3. The van der Waals surface area contributed by atoms with Gasteiger partial charge in [0.05, 0.1) is 13.5 Å². The Morgan fingerprint density at radius 3 is 2.55 bits per heavy atom. The minimum atomic E-state index is -0.419. The van der Waals surface area contributed by atoms with E-state index >= 15 is 0 Å². The van der Waals surface area contributed by atoms with E-state index in [0.717, 1.165) is 32.1 Å². The molecule has 1 unspecified atom stereocenters. The summed E-state index contributed by atoms with van der Waals surface area (Å²) < 4.78 is 4.80. The summed E-state index contributed by atoms with van der Waals surface area (Å²) in [6.07, 6.45) is 11.3. The zero-order chi connectivity index (χ0) is 24.2. The summed E-state index contributed by atoms with van der Waals surface area (Å²) in [5, 5.41) is 3.38. The van der Waals surface area contributed by atoms with Gasteiger partial charge in [-0.1, -0.05) is 33.8 Å². The minimum Gasteiger partial charge on any atom is -0.469 e. The number of amides is 2. The highest BCUT2D eigenvalue weighted by Gasteiger charge is 2.60. The van der Waals surface area contributed by atoms with Gasteiger partial charge in [0.15, 0.2) is 0 Å². The van der Waals surface area contributed by atoms with Crippen molar-refractivity contribution in [1.29, 1.82) is 0 Å². The molecule has 0 radical (unpaired) electrons. The van der Waals surface area contributed by atoms with Crippen LogP contribution in [0.1, 0.15) is 79.1 Å². The van der Waals surface area contributed by atoms with Crippen LogP contribution in [0.3, 0.4) is 0 Å². The third kappa shape index (κ3) is 4.12. The van der Waals surface area contributed by atoms with Crippen LogP contribution in [0, 0.1) is 34.0 Å². The Morgan fingerprint density at radius 2 is 1.85 bits per heavy atom. The lowest BCUT2D eigenvalue weighted by molar-refractivity contribution is -0.143. The molecule has 3 fully saturated rings. The summed E-state index contributed by atoms with van der Waals surface area (Å²) in [6, 6.07) is 0.496. The maximum atomic E-state index is 13.0. The fourth-order valence-electron chi connectivity index (χ4n) is 8.18. The number of hydrogen-bond acceptors (Lipinski definition) is 4. The van der Waals surface area contributed by atoms with Crippen LogP contribution >= 0.6 is 0 Å². The second-order valence-corrected chi connectivity index (χ2v) is 12.5. The first kappa shape index (κ1) is 24.3. The van der Waals surface area contributed by atoms with Crippen molar-refractivity contribution in [2.24, 2.45) is 34.0 Å². The SMILES string of the molecule is COC(=O)CC(C)(C)CC(=O)NC1CC[C@H]2[C@@H]3CC[C@H]4N(C)C(=O)C=C[C@]4(C)[C@H]3CC[C@]12C. The molecule has 0 spiro atoms. The molecule has 0 aromatic heterocycles. The van der Waals surface area contributed by atoms with E-state index < -0.39 is 5.41 Å². The van der Waals surface area contributed by atoms with Gasteiger partial charge in [0.1, 0.15) is 0 Å². The summed E-state index contributed by atoms with van der Waals surface area (Å²) in [5.74, 6) is 1.76. The summed E-state index contributed by atoms with van der Waals surface area (Å²) in [7, 11) is 3.35. The van der Waals surface area contributed by atoms with Gasteiger partial charge in [0, 0.05) is 31.0 Å². The number of nitrogens with zero attached hydrogens (tertiary/aromatic N) is 1. The lowest BCUT2D eigenvalue weighted by atomic mass is 9.48. The third-order valence-corrected chi connectivity index (χ3v) is 9.95.